The Bertz CT molecular complexity index is 541. The van der Waals surface area contributed by atoms with E-state index < -0.39 is 5.97 Å². The number of hydrogen-bond donors (Lipinski definition) is 0. The molecule has 2 rings (SSSR count). The zero-order valence-corrected chi connectivity index (χ0v) is 9.85. The number of nitrogens with zero attached hydrogens (tertiary/aromatic N) is 2. The lowest BCUT2D eigenvalue weighted by molar-refractivity contribution is 0.0601. The first-order valence-corrected chi connectivity index (χ1v) is 5.10. The number of methoxy groups -OCH3 is 1. The second kappa shape index (κ2) is 4.37. The van der Waals surface area contributed by atoms with Gasteiger partial charge in [-0.3, -0.25) is 4.98 Å². The highest BCUT2D eigenvalue weighted by molar-refractivity contribution is 5.97. The van der Waals surface area contributed by atoms with E-state index in [4.69, 9.17) is 9.26 Å². The highest BCUT2D eigenvalue weighted by atomic mass is 16.5. The molecule has 0 saturated heterocycles. The van der Waals surface area contributed by atoms with Crippen molar-refractivity contribution >= 4 is 5.97 Å². The summed E-state index contributed by atoms with van der Waals surface area (Å²) >= 11 is 0. The van der Waals surface area contributed by atoms with Crippen molar-refractivity contribution in [2.45, 2.75) is 13.8 Å². The minimum absolute atomic E-state index is 0.401. The van der Waals surface area contributed by atoms with Crippen LogP contribution in [0.4, 0.5) is 0 Å². The molecule has 17 heavy (non-hydrogen) atoms. The maximum absolute atomic E-state index is 11.7. The van der Waals surface area contributed by atoms with Gasteiger partial charge in [0.25, 0.3) is 0 Å². The summed E-state index contributed by atoms with van der Waals surface area (Å²) in [5.74, 6) is 0.253. The van der Waals surface area contributed by atoms with Gasteiger partial charge in [0.1, 0.15) is 5.76 Å². The zero-order valence-electron chi connectivity index (χ0n) is 9.85. The summed E-state index contributed by atoms with van der Waals surface area (Å²) in [6.45, 7) is 3.61. The van der Waals surface area contributed by atoms with E-state index in [0.29, 0.717) is 16.9 Å². The molecule has 5 heteroatoms. The molecule has 2 heterocycles. The third kappa shape index (κ3) is 1.91. The monoisotopic (exact) mass is 232 g/mol. The fourth-order valence-corrected chi connectivity index (χ4v) is 1.75. The van der Waals surface area contributed by atoms with E-state index in [2.05, 4.69) is 10.1 Å². The zero-order chi connectivity index (χ0) is 12.4. The Kier molecular flexibility index (Phi) is 2.91. The van der Waals surface area contributed by atoms with Crippen LogP contribution in [0.2, 0.25) is 0 Å². The third-order valence-corrected chi connectivity index (χ3v) is 2.53. The van der Waals surface area contributed by atoms with E-state index in [-0.39, 0.29) is 0 Å². The standard InChI is InChI=1S/C12H12N2O3/c1-7-11(8(2)17-14-7)10-6-13-5-4-9(10)12(15)16-3/h4-6H,1-3H3. The average Bonchev–Trinajstić information content (AvgIpc) is 2.68. The molecule has 0 unspecified atom stereocenters. The van der Waals surface area contributed by atoms with Crippen molar-refractivity contribution < 1.29 is 14.1 Å². The van der Waals surface area contributed by atoms with Crippen molar-refractivity contribution in [2.24, 2.45) is 0 Å². The summed E-state index contributed by atoms with van der Waals surface area (Å²) < 4.78 is 9.83. The summed E-state index contributed by atoms with van der Waals surface area (Å²) in [6, 6.07) is 1.62. The number of hydrogen-bond acceptors (Lipinski definition) is 5. The van der Waals surface area contributed by atoms with Crippen LogP contribution >= 0.6 is 0 Å². The number of carbonyl (C=O) groups is 1. The topological polar surface area (TPSA) is 65.2 Å². The Hall–Kier alpha value is -2.17. The maximum Gasteiger partial charge on any atom is 0.338 e. The van der Waals surface area contributed by atoms with Crippen LogP contribution in [0, 0.1) is 13.8 Å². The van der Waals surface area contributed by atoms with Crippen molar-refractivity contribution in [1.29, 1.82) is 0 Å². The average molecular weight is 232 g/mol. The van der Waals surface area contributed by atoms with Gasteiger partial charge in [-0.15, -0.1) is 0 Å². The van der Waals surface area contributed by atoms with E-state index in [1.54, 1.807) is 25.4 Å². The fourth-order valence-electron chi connectivity index (χ4n) is 1.75. The van der Waals surface area contributed by atoms with Crippen molar-refractivity contribution in [3.8, 4) is 11.1 Å². The second-order valence-electron chi connectivity index (χ2n) is 3.61. The Morgan fingerprint density at radius 2 is 2.18 bits per heavy atom. The molecule has 0 aliphatic heterocycles. The van der Waals surface area contributed by atoms with E-state index in [0.717, 1.165) is 11.3 Å². The Labute approximate surface area is 98.4 Å². The molecular formula is C12H12N2O3. The number of aryl methyl sites for hydroxylation is 2. The first-order valence-electron chi connectivity index (χ1n) is 5.10. The van der Waals surface area contributed by atoms with Gasteiger partial charge in [-0.1, -0.05) is 5.16 Å². The Balaban J connectivity index is 2.64. The second-order valence-corrected chi connectivity index (χ2v) is 3.61. The van der Waals surface area contributed by atoms with Crippen LogP contribution in [-0.2, 0) is 4.74 Å². The third-order valence-electron chi connectivity index (χ3n) is 2.53. The lowest BCUT2D eigenvalue weighted by atomic mass is 10.0. The van der Waals surface area contributed by atoms with E-state index >= 15 is 0 Å². The Morgan fingerprint density at radius 3 is 2.76 bits per heavy atom. The summed E-state index contributed by atoms with van der Waals surface area (Å²) in [6.07, 6.45) is 3.16. The molecule has 0 fully saturated rings. The summed E-state index contributed by atoms with van der Waals surface area (Å²) in [5, 5.41) is 3.86. The number of aromatic nitrogens is 2. The Morgan fingerprint density at radius 1 is 1.41 bits per heavy atom. The van der Waals surface area contributed by atoms with Crippen LogP contribution in [0.3, 0.4) is 0 Å². The van der Waals surface area contributed by atoms with Crippen LogP contribution in [0.1, 0.15) is 21.8 Å². The lowest BCUT2D eigenvalue weighted by Gasteiger charge is -2.06. The van der Waals surface area contributed by atoms with E-state index in [1.165, 1.54) is 7.11 Å². The molecule has 0 saturated carbocycles. The lowest BCUT2D eigenvalue weighted by Crippen LogP contribution is -2.04. The van der Waals surface area contributed by atoms with Crippen LogP contribution < -0.4 is 0 Å². The first kappa shape index (κ1) is 11.3. The molecular weight excluding hydrogens is 220 g/mol. The molecule has 0 aliphatic rings. The number of carbonyl (C=O) groups excluding carboxylic acids is 1. The molecule has 5 nitrogen and oxygen atoms in total. The minimum Gasteiger partial charge on any atom is -0.465 e. The predicted molar refractivity (Wildman–Crippen MR) is 60.5 cm³/mol. The smallest absolute Gasteiger partial charge is 0.338 e. The SMILES string of the molecule is COC(=O)c1ccncc1-c1c(C)noc1C. The van der Waals surface area contributed by atoms with Crippen molar-refractivity contribution in [3.05, 3.63) is 35.5 Å². The van der Waals surface area contributed by atoms with Gasteiger partial charge in [-0.25, -0.2) is 4.79 Å². The molecule has 0 atom stereocenters. The van der Waals surface area contributed by atoms with Gasteiger partial charge < -0.3 is 9.26 Å². The molecule has 0 amide bonds. The van der Waals surface area contributed by atoms with Crippen LogP contribution in [-0.4, -0.2) is 23.2 Å². The molecule has 0 bridgehead atoms. The minimum atomic E-state index is -0.401. The molecule has 2 aromatic rings. The van der Waals surface area contributed by atoms with Gasteiger partial charge in [0.05, 0.1) is 18.4 Å². The molecule has 2 aromatic heterocycles. The molecule has 0 aliphatic carbocycles. The van der Waals surface area contributed by atoms with Gasteiger partial charge in [-0.05, 0) is 19.9 Å². The van der Waals surface area contributed by atoms with Crippen molar-refractivity contribution in [1.82, 2.24) is 10.1 Å². The highest BCUT2D eigenvalue weighted by Gasteiger charge is 2.19. The molecule has 0 N–H and O–H groups in total. The van der Waals surface area contributed by atoms with E-state index in [9.17, 15) is 4.79 Å². The van der Waals surface area contributed by atoms with Crippen molar-refractivity contribution in [2.75, 3.05) is 7.11 Å². The number of ether oxygens (including phenoxy) is 1. The molecule has 88 valence electrons. The molecule has 0 aromatic carbocycles. The van der Waals surface area contributed by atoms with Gasteiger partial charge in [0.15, 0.2) is 0 Å². The first-order chi connectivity index (χ1) is 8.15. The van der Waals surface area contributed by atoms with Gasteiger partial charge >= 0.3 is 5.97 Å². The van der Waals surface area contributed by atoms with Crippen LogP contribution in [0.5, 0.6) is 0 Å². The highest BCUT2D eigenvalue weighted by Crippen LogP contribution is 2.29. The van der Waals surface area contributed by atoms with Gasteiger partial charge in [0, 0.05) is 23.5 Å². The molecule has 0 radical (unpaired) electrons. The fraction of sp³-hybridized carbons (Fsp3) is 0.250. The van der Waals surface area contributed by atoms with E-state index in [1.807, 2.05) is 6.92 Å². The summed E-state index contributed by atoms with van der Waals surface area (Å²) in [4.78, 5) is 15.7. The molecule has 0 spiro atoms. The predicted octanol–water partition coefficient (Wildman–Crippen LogP) is 2.14. The van der Waals surface area contributed by atoms with Gasteiger partial charge in [-0.2, -0.15) is 0 Å². The largest absolute Gasteiger partial charge is 0.465 e. The van der Waals surface area contributed by atoms with Crippen LogP contribution in [0.25, 0.3) is 11.1 Å². The summed E-state index contributed by atoms with van der Waals surface area (Å²) in [7, 11) is 1.35. The number of pyridine rings is 1. The van der Waals surface area contributed by atoms with Gasteiger partial charge in [0.2, 0.25) is 0 Å². The summed E-state index contributed by atoms with van der Waals surface area (Å²) in [5.41, 5.74) is 2.65. The normalized spacial score (nSPS) is 10.3. The number of rotatable bonds is 2. The number of esters is 1. The van der Waals surface area contributed by atoms with Crippen LogP contribution in [0.15, 0.2) is 23.0 Å². The maximum atomic E-state index is 11.7. The van der Waals surface area contributed by atoms with Crippen molar-refractivity contribution in [3.63, 3.8) is 0 Å². The quantitative estimate of drug-likeness (QED) is 0.742.